The molecule has 0 aliphatic carbocycles. The fourth-order valence-electron chi connectivity index (χ4n) is 1.96. The predicted octanol–water partition coefficient (Wildman–Crippen LogP) is 1.20. The number of anilines is 2. The smallest absolute Gasteiger partial charge is 0.224 e. The lowest BCUT2D eigenvalue weighted by atomic mass is 10.0. The van der Waals surface area contributed by atoms with Crippen molar-refractivity contribution in [1.29, 1.82) is 0 Å². The first kappa shape index (κ1) is 16.6. The molecule has 5 N–H and O–H groups in total. The molecule has 1 aromatic carbocycles. The molecule has 1 heterocycles. The van der Waals surface area contributed by atoms with Crippen molar-refractivity contribution < 1.29 is 13.9 Å². The van der Waals surface area contributed by atoms with E-state index in [0.717, 1.165) is 12.5 Å². The SMILES string of the molecule is COc1ccc(F)cc1C(=O)c1cnc(NCCCN)nc1N. The highest BCUT2D eigenvalue weighted by Crippen LogP contribution is 2.24. The monoisotopic (exact) mass is 319 g/mol. The van der Waals surface area contributed by atoms with E-state index in [1.165, 1.54) is 25.4 Å². The number of nitrogens with one attached hydrogen (secondary N) is 1. The standard InChI is InChI=1S/C15H18FN5O2/c1-23-12-4-3-9(16)7-10(12)13(22)11-8-20-15(21-14(11)18)19-6-2-5-17/h3-4,7-8H,2,5-6,17H2,1H3,(H3,18,19,20,21). The molecular weight excluding hydrogens is 301 g/mol. The van der Waals surface area contributed by atoms with Crippen LogP contribution in [0.25, 0.3) is 0 Å². The zero-order valence-corrected chi connectivity index (χ0v) is 12.7. The van der Waals surface area contributed by atoms with Gasteiger partial charge in [0, 0.05) is 12.7 Å². The van der Waals surface area contributed by atoms with Crippen LogP contribution in [0.2, 0.25) is 0 Å². The van der Waals surface area contributed by atoms with E-state index in [1.807, 2.05) is 0 Å². The van der Waals surface area contributed by atoms with Crippen molar-refractivity contribution in [3.63, 3.8) is 0 Å². The van der Waals surface area contributed by atoms with Crippen LogP contribution < -0.4 is 21.5 Å². The van der Waals surface area contributed by atoms with Gasteiger partial charge in [-0.1, -0.05) is 0 Å². The fraction of sp³-hybridized carbons (Fsp3) is 0.267. The summed E-state index contributed by atoms with van der Waals surface area (Å²) >= 11 is 0. The van der Waals surface area contributed by atoms with Crippen molar-refractivity contribution in [2.45, 2.75) is 6.42 Å². The molecule has 2 rings (SSSR count). The van der Waals surface area contributed by atoms with E-state index >= 15 is 0 Å². The van der Waals surface area contributed by atoms with Gasteiger partial charge in [0.15, 0.2) is 0 Å². The van der Waals surface area contributed by atoms with Gasteiger partial charge in [-0.15, -0.1) is 0 Å². The number of methoxy groups -OCH3 is 1. The summed E-state index contributed by atoms with van der Waals surface area (Å²) in [5, 5.41) is 2.95. The first-order valence-corrected chi connectivity index (χ1v) is 7.01. The van der Waals surface area contributed by atoms with Crippen LogP contribution in [0.5, 0.6) is 5.75 Å². The summed E-state index contributed by atoms with van der Waals surface area (Å²) in [5.41, 5.74) is 11.4. The van der Waals surface area contributed by atoms with Crippen LogP contribution in [0.3, 0.4) is 0 Å². The molecule has 2 aromatic rings. The number of aromatic nitrogens is 2. The van der Waals surface area contributed by atoms with Crippen LogP contribution >= 0.6 is 0 Å². The van der Waals surface area contributed by atoms with Crippen molar-refractivity contribution in [3.8, 4) is 5.75 Å². The minimum absolute atomic E-state index is 0.00608. The normalized spacial score (nSPS) is 10.4. The Balaban J connectivity index is 2.28. The predicted molar refractivity (Wildman–Crippen MR) is 85.0 cm³/mol. The van der Waals surface area contributed by atoms with E-state index < -0.39 is 11.6 Å². The average molecular weight is 319 g/mol. The zero-order chi connectivity index (χ0) is 16.8. The van der Waals surface area contributed by atoms with Crippen molar-refractivity contribution in [3.05, 3.63) is 41.3 Å². The van der Waals surface area contributed by atoms with Crippen molar-refractivity contribution >= 4 is 17.5 Å². The molecule has 0 amide bonds. The van der Waals surface area contributed by atoms with Gasteiger partial charge in [-0.2, -0.15) is 4.98 Å². The Morgan fingerprint density at radius 1 is 1.39 bits per heavy atom. The lowest BCUT2D eigenvalue weighted by Crippen LogP contribution is -2.14. The molecule has 0 unspecified atom stereocenters. The minimum Gasteiger partial charge on any atom is -0.496 e. The van der Waals surface area contributed by atoms with E-state index in [1.54, 1.807) is 0 Å². The topological polar surface area (TPSA) is 116 Å². The molecule has 0 atom stereocenters. The molecule has 8 heteroatoms. The molecule has 0 saturated carbocycles. The largest absolute Gasteiger partial charge is 0.496 e. The second-order valence-corrected chi connectivity index (χ2v) is 4.74. The molecule has 122 valence electrons. The summed E-state index contributed by atoms with van der Waals surface area (Å²) in [6, 6.07) is 3.68. The molecule has 0 aliphatic heterocycles. The molecular formula is C15H18FN5O2. The number of halogens is 1. The highest BCUT2D eigenvalue weighted by Gasteiger charge is 2.19. The Bertz CT molecular complexity index is 708. The van der Waals surface area contributed by atoms with Crippen LogP contribution in [0, 0.1) is 5.82 Å². The van der Waals surface area contributed by atoms with Crippen molar-refractivity contribution in [2.75, 3.05) is 31.2 Å². The van der Waals surface area contributed by atoms with Gasteiger partial charge in [-0.25, -0.2) is 9.37 Å². The summed E-state index contributed by atoms with van der Waals surface area (Å²) < 4.78 is 18.5. The van der Waals surface area contributed by atoms with Gasteiger partial charge < -0.3 is 21.5 Å². The number of ether oxygens (including phenoxy) is 1. The van der Waals surface area contributed by atoms with Gasteiger partial charge in [0.1, 0.15) is 17.4 Å². The number of carbonyl (C=O) groups excluding carboxylic acids is 1. The zero-order valence-electron chi connectivity index (χ0n) is 12.7. The second-order valence-electron chi connectivity index (χ2n) is 4.74. The summed E-state index contributed by atoms with van der Waals surface area (Å²) in [5.74, 6) is -0.493. The lowest BCUT2D eigenvalue weighted by Gasteiger charge is -2.10. The third-order valence-electron chi connectivity index (χ3n) is 3.13. The molecule has 0 fully saturated rings. The molecule has 0 saturated heterocycles. The summed E-state index contributed by atoms with van der Waals surface area (Å²) in [4.78, 5) is 20.6. The molecule has 0 aliphatic rings. The molecule has 0 bridgehead atoms. The lowest BCUT2D eigenvalue weighted by molar-refractivity contribution is 0.103. The number of ketones is 1. The maximum absolute atomic E-state index is 13.4. The molecule has 7 nitrogen and oxygen atoms in total. The number of hydrogen-bond donors (Lipinski definition) is 3. The third kappa shape index (κ3) is 3.92. The highest BCUT2D eigenvalue weighted by atomic mass is 19.1. The van der Waals surface area contributed by atoms with Crippen molar-refractivity contribution in [2.24, 2.45) is 5.73 Å². The number of benzene rings is 1. The van der Waals surface area contributed by atoms with Gasteiger partial charge in [-0.05, 0) is 31.2 Å². The highest BCUT2D eigenvalue weighted by molar-refractivity contribution is 6.13. The quantitative estimate of drug-likeness (QED) is 0.518. The first-order valence-electron chi connectivity index (χ1n) is 7.01. The first-order chi connectivity index (χ1) is 11.1. The van der Waals surface area contributed by atoms with Crippen LogP contribution in [0.4, 0.5) is 16.2 Å². The molecule has 0 spiro atoms. The number of nitrogen functional groups attached to an aromatic ring is 1. The van der Waals surface area contributed by atoms with Crippen molar-refractivity contribution in [1.82, 2.24) is 9.97 Å². The maximum atomic E-state index is 13.4. The Kier molecular flexibility index (Phi) is 5.42. The minimum atomic E-state index is -0.547. The van der Waals surface area contributed by atoms with Gasteiger partial charge in [0.2, 0.25) is 11.7 Å². The number of nitrogens with two attached hydrogens (primary N) is 2. The average Bonchev–Trinajstić information content (AvgIpc) is 2.54. The van der Waals surface area contributed by atoms with Crippen LogP contribution in [0.1, 0.15) is 22.3 Å². The van der Waals surface area contributed by atoms with E-state index in [9.17, 15) is 9.18 Å². The van der Waals surface area contributed by atoms with E-state index in [4.69, 9.17) is 16.2 Å². The summed E-state index contributed by atoms with van der Waals surface area (Å²) in [6.07, 6.45) is 2.06. The van der Waals surface area contributed by atoms with Crippen LogP contribution in [0.15, 0.2) is 24.4 Å². The third-order valence-corrected chi connectivity index (χ3v) is 3.13. The van der Waals surface area contributed by atoms with Gasteiger partial charge in [0.05, 0.1) is 18.2 Å². The molecule has 0 radical (unpaired) electrons. The Morgan fingerprint density at radius 3 is 2.83 bits per heavy atom. The maximum Gasteiger partial charge on any atom is 0.224 e. The second kappa shape index (κ2) is 7.50. The number of carbonyl (C=O) groups is 1. The van der Waals surface area contributed by atoms with Crippen LogP contribution in [-0.4, -0.2) is 36.0 Å². The Hall–Kier alpha value is -2.74. The number of rotatable bonds is 7. The summed E-state index contributed by atoms with van der Waals surface area (Å²) in [7, 11) is 1.40. The van der Waals surface area contributed by atoms with Gasteiger partial charge >= 0.3 is 0 Å². The van der Waals surface area contributed by atoms with Crippen LogP contribution in [-0.2, 0) is 0 Å². The Labute approximate surface area is 132 Å². The van der Waals surface area contributed by atoms with Gasteiger partial charge in [-0.3, -0.25) is 4.79 Å². The van der Waals surface area contributed by atoms with Gasteiger partial charge in [0.25, 0.3) is 0 Å². The van der Waals surface area contributed by atoms with E-state index in [0.29, 0.717) is 19.0 Å². The summed E-state index contributed by atoms with van der Waals surface area (Å²) in [6.45, 7) is 1.14. The Morgan fingerprint density at radius 2 is 2.17 bits per heavy atom. The fourth-order valence-corrected chi connectivity index (χ4v) is 1.96. The van der Waals surface area contributed by atoms with E-state index in [-0.39, 0.29) is 22.7 Å². The number of hydrogen-bond acceptors (Lipinski definition) is 7. The van der Waals surface area contributed by atoms with E-state index in [2.05, 4.69) is 15.3 Å². The molecule has 1 aromatic heterocycles. The number of nitrogens with zero attached hydrogens (tertiary/aromatic N) is 2. The molecule has 23 heavy (non-hydrogen) atoms.